The van der Waals surface area contributed by atoms with Gasteiger partial charge in [0.2, 0.25) is 15.9 Å². The van der Waals surface area contributed by atoms with E-state index >= 15 is 0 Å². The zero-order valence-electron chi connectivity index (χ0n) is 18.8. The van der Waals surface area contributed by atoms with Gasteiger partial charge in [0.25, 0.3) is 0 Å². The van der Waals surface area contributed by atoms with Gasteiger partial charge in [-0.2, -0.15) is 4.31 Å². The van der Waals surface area contributed by atoms with Gasteiger partial charge in [-0.1, -0.05) is 30.3 Å². The van der Waals surface area contributed by atoms with Gasteiger partial charge in [0.05, 0.1) is 23.8 Å². The van der Waals surface area contributed by atoms with Crippen molar-refractivity contribution < 1.29 is 22.7 Å². The number of hydrogen-bond donors (Lipinski definition) is 2. The van der Waals surface area contributed by atoms with E-state index < -0.39 is 16.1 Å². The van der Waals surface area contributed by atoms with Crippen LogP contribution in [0, 0.1) is 0 Å². The first-order chi connectivity index (χ1) is 16.4. The van der Waals surface area contributed by atoms with Crippen molar-refractivity contribution in [2.75, 3.05) is 36.9 Å². The summed E-state index contributed by atoms with van der Waals surface area (Å²) < 4.78 is 38.1. The van der Waals surface area contributed by atoms with E-state index in [1.54, 1.807) is 19.1 Å². The third-order valence-corrected chi connectivity index (χ3v) is 7.27. The molecule has 2 N–H and O–H groups in total. The Balaban J connectivity index is 1.39. The first-order valence-electron chi connectivity index (χ1n) is 11.0. The van der Waals surface area contributed by atoms with Gasteiger partial charge in [0.1, 0.15) is 11.8 Å². The van der Waals surface area contributed by atoms with Crippen LogP contribution in [0.1, 0.15) is 6.92 Å². The summed E-state index contributed by atoms with van der Waals surface area (Å²) in [4.78, 5) is 12.9. The average molecular weight is 482 g/mol. The summed E-state index contributed by atoms with van der Waals surface area (Å²) in [5.41, 5.74) is 1.19. The Morgan fingerprint density at radius 3 is 2.29 bits per heavy atom. The molecule has 0 radical (unpaired) electrons. The smallest absolute Gasteiger partial charge is 0.246 e. The number of amides is 1. The maximum Gasteiger partial charge on any atom is 0.246 e. The number of anilines is 2. The molecule has 1 fully saturated rings. The molecule has 0 spiro atoms. The van der Waals surface area contributed by atoms with Gasteiger partial charge < -0.3 is 20.1 Å². The Kier molecular flexibility index (Phi) is 7.46. The number of nitrogens with zero attached hydrogens (tertiary/aromatic N) is 1. The van der Waals surface area contributed by atoms with Crippen LogP contribution in [0.3, 0.4) is 0 Å². The molecule has 3 aromatic carbocycles. The summed E-state index contributed by atoms with van der Waals surface area (Å²) in [6, 6.07) is 22.4. The van der Waals surface area contributed by atoms with Gasteiger partial charge in [0, 0.05) is 18.8 Å². The van der Waals surface area contributed by atoms with Crippen LogP contribution in [-0.4, -0.2) is 51.0 Å². The number of rotatable bonds is 8. The van der Waals surface area contributed by atoms with Crippen LogP contribution in [0.15, 0.2) is 83.8 Å². The van der Waals surface area contributed by atoms with Crippen LogP contribution in [-0.2, 0) is 19.6 Å². The van der Waals surface area contributed by atoms with E-state index in [4.69, 9.17) is 9.47 Å². The number of para-hydroxylation sites is 3. The average Bonchev–Trinajstić information content (AvgIpc) is 2.86. The van der Waals surface area contributed by atoms with Crippen molar-refractivity contribution in [1.29, 1.82) is 0 Å². The van der Waals surface area contributed by atoms with Crippen LogP contribution >= 0.6 is 0 Å². The van der Waals surface area contributed by atoms with Crippen LogP contribution in [0.2, 0.25) is 0 Å². The number of benzene rings is 3. The first-order valence-corrected chi connectivity index (χ1v) is 12.4. The number of hydrogen-bond acceptors (Lipinski definition) is 6. The molecule has 4 rings (SSSR count). The molecular weight excluding hydrogens is 454 g/mol. The number of sulfonamides is 1. The standard InChI is InChI=1S/C25H27N3O5S/c1-19(26-23-9-5-6-10-24(23)33-21-7-3-2-4-8-21)25(29)27-20-11-13-22(14-12-20)34(30,31)28-15-17-32-18-16-28/h2-14,19,26H,15-18H2,1H3,(H,27,29)/t19-/m0/s1. The van der Waals surface area contributed by atoms with E-state index in [1.165, 1.54) is 16.4 Å². The molecule has 1 aliphatic heterocycles. The van der Waals surface area contributed by atoms with Crippen molar-refractivity contribution >= 4 is 27.3 Å². The zero-order chi connectivity index (χ0) is 24.0. The maximum atomic E-state index is 12.8. The molecule has 8 nitrogen and oxygen atoms in total. The highest BCUT2D eigenvalue weighted by atomic mass is 32.2. The maximum absolute atomic E-state index is 12.8. The fourth-order valence-electron chi connectivity index (χ4n) is 3.49. The van der Waals surface area contributed by atoms with Gasteiger partial charge in [-0.15, -0.1) is 0 Å². The molecule has 1 atom stereocenters. The molecule has 0 aliphatic carbocycles. The highest BCUT2D eigenvalue weighted by molar-refractivity contribution is 7.89. The Labute approximate surface area is 199 Å². The summed E-state index contributed by atoms with van der Waals surface area (Å²) in [6.45, 7) is 3.18. The molecule has 9 heteroatoms. The molecule has 1 saturated heterocycles. The van der Waals surface area contributed by atoms with Gasteiger partial charge in [-0.3, -0.25) is 4.79 Å². The van der Waals surface area contributed by atoms with Crippen molar-refractivity contribution in [2.45, 2.75) is 17.9 Å². The van der Waals surface area contributed by atoms with E-state index in [0.717, 1.165) is 0 Å². The predicted octanol–water partition coefficient (Wildman–Crippen LogP) is 3.94. The van der Waals surface area contributed by atoms with Gasteiger partial charge >= 0.3 is 0 Å². The van der Waals surface area contributed by atoms with E-state index in [-0.39, 0.29) is 10.8 Å². The van der Waals surface area contributed by atoms with Crippen molar-refractivity contribution in [2.24, 2.45) is 0 Å². The van der Waals surface area contributed by atoms with Gasteiger partial charge in [0.15, 0.2) is 5.75 Å². The highest BCUT2D eigenvalue weighted by Crippen LogP contribution is 2.29. The molecule has 0 unspecified atom stereocenters. The van der Waals surface area contributed by atoms with Crippen molar-refractivity contribution in [3.8, 4) is 11.5 Å². The second-order valence-electron chi connectivity index (χ2n) is 7.81. The molecule has 1 amide bonds. The molecule has 34 heavy (non-hydrogen) atoms. The molecule has 0 saturated carbocycles. The number of ether oxygens (including phenoxy) is 2. The molecular formula is C25H27N3O5S. The third-order valence-electron chi connectivity index (χ3n) is 5.35. The minimum absolute atomic E-state index is 0.186. The second kappa shape index (κ2) is 10.7. The largest absolute Gasteiger partial charge is 0.455 e. The number of nitrogens with one attached hydrogen (secondary N) is 2. The lowest BCUT2D eigenvalue weighted by atomic mass is 10.2. The lowest BCUT2D eigenvalue weighted by Gasteiger charge is -2.26. The van der Waals surface area contributed by atoms with Crippen molar-refractivity contribution in [3.05, 3.63) is 78.9 Å². The van der Waals surface area contributed by atoms with E-state index in [2.05, 4.69) is 10.6 Å². The number of carbonyl (C=O) groups is 1. The van der Waals surface area contributed by atoms with Crippen molar-refractivity contribution in [3.63, 3.8) is 0 Å². The highest BCUT2D eigenvalue weighted by Gasteiger charge is 2.26. The van der Waals surface area contributed by atoms with Crippen LogP contribution < -0.4 is 15.4 Å². The third kappa shape index (κ3) is 5.74. The van der Waals surface area contributed by atoms with E-state index in [0.29, 0.717) is 49.2 Å². The van der Waals surface area contributed by atoms with Gasteiger partial charge in [-0.05, 0) is 55.5 Å². The lowest BCUT2D eigenvalue weighted by molar-refractivity contribution is -0.116. The number of carbonyl (C=O) groups excluding carboxylic acids is 1. The zero-order valence-corrected chi connectivity index (χ0v) is 19.6. The SMILES string of the molecule is C[C@H](Nc1ccccc1Oc1ccccc1)C(=O)Nc1ccc(S(=O)(=O)N2CCOCC2)cc1. The second-order valence-corrected chi connectivity index (χ2v) is 9.75. The monoisotopic (exact) mass is 481 g/mol. The fourth-order valence-corrected chi connectivity index (χ4v) is 4.89. The van der Waals surface area contributed by atoms with E-state index in [9.17, 15) is 13.2 Å². The number of morpholine rings is 1. The summed E-state index contributed by atoms with van der Waals surface area (Å²) in [5.74, 6) is 1.03. The Morgan fingerprint density at radius 1 is 0.941 bits per heavy atom. The summed E-state index contributed by atoms with van der Waals surface area (Å²) >= 11 is 0. The van der Waals surface area contributed by atoms with Crippen LogP contribution in [0.5, 0.6) is 11.5 Å². The molecule has 1 heterocycles. The Hall–Kier alpha value is -3.40. The Bertz CT molecular complexity index is 1210. The van der Waals surface area contributed by atoms with E-state index in [1.807, 2.05) is 54.6 Å². The normalized spacial score (nSPS) is 15.3. The fraction of sp³-hybridized carbons (Fsp3) is 0.240. The minimum Gasteiger partial charge on any atom is -0.455 e. The summed E-state index contributed by atoms with van der Waals surface area (Å²) in [7, 11) is -3.58. The Morgan fingerprint density at radius 2 is 1.59 bits per heavy atom. The minimum atomic E-state index is -3.58. The quantitative estimate of drug-likeness (QED) is 0.506. The topological polar surface area (TPSA) is 97.0 Å². The molecule has 1 aliphatic rings. The summed E-state index contributed by atoms with van der Waals surface area (Å²) in [5, 5.41) is 6.00. The molecule has 178 valence electrons. The summed E-state index contributed by atoms with van der Waals surface area (Å²) in [6.07, 6.45) is 0. The van der Waals surface area contributed by atoms with Crippen LogP contribution in [0.25, 0.3) is 0 Å². The van der Waals surface area contributed by atoms with Crippen molar-refractivity contribution in [1.82, 2.24) is 4.31 Å². The predicted molar refractivity (Wildman–Crippen MR) is 131 cm³/mol. The lowest BCUT2D eigenvalue weighted by Crippen LogP contribution is -2.40. The molecule has 3 aromatic rings. The van der Waals surface area contributed by atoms with Gasteiger partial charge in [-0.25, -0.2) is 8.42 Å². The van der Waals surface area contributed by atoms with Crippen LogP contribution in [0.4, 0.5) is 11.4 Å². The molecule has 0 bridgehead atoms. The first kappa shape index (κ1) is 23.7. The molecule has 0 aromatic heterocycles.